The smallest absolute Gasteiger partial charge is 0.0446 e. The number of aliphatic hydroxyl groups is 1. The molecule has 23 heavy (non-hydrogen) atoms. The zero-order valence-electron chi connectivity index (χ0n) is 15.6. The van der Waals surface area contributed by atoms with Crippen LogP contribution in [0.4, 0.5) is 0 Å². The minimum Gasteiger partial charge on any atom is -0.396 e. The average molecular weight is 319 g/mol. The van der Waals surface area contributed by atoms with Crippen LogP contribution in [0.15, 0.2) is 18.2 Å². The summed E-state index contributed by atoms with van der Waals surface area (Å²) in [7, 11) is 0. The summed E-state index contributed by atoms with van der Waals surface area (Å²) in [6.07, 6.45) is 0.875. The van der Waals surface area contributed by atoms with Crippen LogP contribution in [-0.4, -0.2) is 53.7 Å². The van der Waals surface area contributed by atoms with Crippen LogP contribution in [0.2, 0.25) is 0 Å². The van der Waals surface area contributed by atoms with Crippen molar-refractivity contribution >= 4 is 0 Å². The van der Waals surface area contributed by atoms with Crippen molar-refractivity contribution in [3.8, 4) is 0 Å². The number of rotatable bonds is 5. The largest absolute Gasteiger partial charge is 0.396 e. The van der Waals surface area contributed by atoms with Gasteiger partial charge in [-0.2, -0.15) is 0 Å². The molecule has 1 aromatic carbocycles. The van der Waals surface area contributed by atoms with Crippen LogP contribution in [0.1, 0.15) is 43.9 Å². The zero-order chi connectivity index (χ0) is 17.0. The maximum Gasteiger partial charge on any atom is 0.0446 e. The molecule has 0 aliphatic carbocycles. The van der Waals surface area contributed by atoms with Gasteiger partial charge in [0.2, 0.25) is 0 Å². The predicted octanol–water partition coefficient (Wildman–Crippen LogP) is 3.22. The monoisotopic (exact) mass is 318 g/mol. The molecule has 130 valence electrons. The van der Waals surface area contributed by atoms with E-state index in [0.717, 1.165) is 39.1 Å². The molecule has 1 aliphatic heterocycles. The van der Waals surface area contributed by atoms with Crippen LogP contribution in [0.5, 0.6) is 0 Å². The van der Waals surface area contributed by atoms with E-state index >= 15 is 0 Å². The third-order valence-electron chi connectivity index (χ3n) is 4.81. The van der Waals surface area contributed by atoms with Crippen molar-refractivity contribution in [2.75, 3.05) is 32.8 Å². The summed E-state index contributed by atoms with van der Waals surface area (Å²) >= 11 is 0. The van der Waals surface area contributed by atoms with Gasteiger partial charge in [0.05, 0.1) is 0 Å². The summed E-state index contributed by atoms with van der Waals surface area (Å²) in [5, 5.41) is 9.43. The molecule has 1 aliphatic rings. The van der Waals surface area contributed by atoms with Gasteiger partial charge in [0.15, 0.2) is 0 Å². The van der Waals surface area contributed by atoms with Crippen LogP contribution in [0.3, 0.4) is 0 Å². The molecule has 0 radical (unpaired) electrons. The second kappa shape index (κ2) is 7.78. The number of hydrogen-bond acceptors (Lipinski definition) is 3. The third kappa shape index (κ3) is 5.59. The van der Waals surface area contributed by atoms with Gasteiger partial charge in [-0.15, -0.1) is 0 Å². The lowest BCUT2D eigenvalue weighted by Gasteiger charge is -2.44. The Morgan fingerprint density at radius 1 is 1.13 bits per heavy atom. The summed E-state index contributed by atoms with van der Waals surface area (Å²) in [6, 6.07) is 7.27. The van der Waals surface area contributed by atoms with Crippen molar-refractivity contribution in [2.24, 2.45) is 5.41 Å². The number of benzene rings is 1. The normalized spacial score (nSPS) is 20.9. The molecule has 0 amide bonds. The Balaban J connectivity index is 1.99. The first-order valence-electron chi connectivity index (χ1n) is 8.92. The molecule has 0 saturated carbocycles. The number of piperazine rings is 1. The highest BCUT2D eigenvalue weighted by atomic mass is 16.3. The SMILES string of the molecule is Cc1ccc(CN2CCN(CC(C)(C)C)[C@@H](CCO)C2)cc1C. The van der Waals surface area contributed by atoms with Gasteiger partial charge in [0.25, 0.3) is 0 Å². The van der Waals surface area contributed by atoms with E-state index in [4.69, 9.17) is 0 Å². The molecule has 2 rings (SSSR count). The van der Waals surface area contributed by atoms with Crippen LogP contribution in [0, 0.1) is 19.3 Å². The Labute approximate surface area is 142 Å². The molecule has 0 bridgehead atoms. The van der Waals surface area contributed by atoms with Crippen molar-refractivity contribution in [1.82, 2.24) is 9.80 Å². The minimum absolute atomic E-state index is 0.281. The predicted molar refractivity (Wildman–Crippen MR) is 97.7 cm³/mol. The van der Waals surface area contributed by atoms with E-state index in [1.165, 1.54) is 16.7 Å². The number of aliphatic hydroxyl groups excluding tert-OH is 1. The molecule has 1 fully saturated rings. The van der Waals surface area contributed by atoms with Crippen molar-refractivity contribution in [3.05, 3.63) is 34.9 Å². The molecule has 1 saturated heterocycles. The highest BCUT2D eigenvalue weighted by Gasteiger charge is 2.29. The Morgan fingerprint density at radius 2 is 1.87 bits per heavy atom. The zero-order valence-corrected chi connectivity index (χ0v) is 15.6. The van der Waals surface area contributed by atoms with Crippen LogP contribution < -0.4 is 0 Å². The third-order valence-corrected chi connectivity index (χ3v) is 4.81. The molecular weight excluding hydrogens is 284 g/mol. The highest BCUT2D eigenvalue weighted by molar-refractivity contribution is 5.29. The molecule has 3 heteroatoms. The molecule has 3 nitrogen and oxygen atoms in total. The first-order chi connectivity index (χ1) is 10.8. The number of hydrogen-bond donors (Lipinski definition) is 1. The highest BCUT2D eigenvalue weighted by Crippen LogP contribution is 2.22. The van der Waals surface area contributed by atoms with Crippen LogP contribution >= 0.6 is 0 Å². The van der Waals surface area contributed by atoms with E-state index in [9.17, 15) is 5.11 Å². The van der Waals surface area contributed by atoms with Crippen molar-refractivity contribution in [3.63, 3.8) is 0 Å². The summed E-state index contributed by atoms with van der Waals surface area (Å²) in [6.45, 7) is 16.9. The van der Waals surface area contributed by atoms with Crippen molar-refractivity contribution in [1.29, 1.82) is 0 Å². The van der Waals surface area contributed by atoms with Gasteiger partial charge in [-0.1, -0.05) is 39.0 Å². The number of aryl methyl sites for hydroxylation is 2. The van der Waals surface area contributed by atoms with E-state index in [0.29, 0.717) is 11.5 Å². The number of nitrogens with zero attached hydrogens (tertiary/aromatic N) is 2. The molecule has 1 atom stereocenters. The molecular formula is C20H34N2O. The van der Waals surface area contributed by atoms with E-state index in [-0.39, 0.29) is 6.61 Å². The van der Waals surface area contributed by atoms with Crippen molar-refractivity contribution < 1.29 is 5.11 Å². The van der Waals surface area contributed by atoms with Gasteiger partial charge in [0.1, 0.15) is 0 Å². The van der Waals surface area contributed by atoms with Gasteiger partial charge < -0.3 is 5.11 Å². The van der Waals surface area contributed by atoms with E-state index in [1.807, 2.05) is 0 Å². The molecule has 1 N–H and O–H groups in total. The average Bonchev–Trinajstić information content (AvgIpc) is 2.45. The molecule has 0 spiro atoms. The summed E-state index contributed by atoms with van der Waals surface area (Å²) in [4.78, 5) is 5.12. The molecule has 0 unspecified atom stereocenters. The molecule has 1 heterocycles. The second-order valence-electron chi connectivity index (χ2n) is 8.35. The molecule has 0 aromatic heterocycles. The van der Waals surface area contributed by atoms with Gasteiger partial charge in [-0.05, 0) is 42.4 Å². The van der Waals surface area contributed by atoms with Crippen molar-refractivity contribution in [2.45, 2.75) is 53.6 Å². The summed E-state index contributed by atoms with van der Waals surface area (Å²) < 4.78 is 0. The van der Waals surface area contributed by atoms with E-state index in [2.05, 4.69) is 62.6 Å². The standard InChI is InChI=1S/C20H34N2O/c1-16-6-7-18(12-17(16)2)13-21-9-10-22(15-20(3,4)5)19(14-21)8-11-23/h6-7,12,19,23H,8-11,13-15H2,1-5H3/t19-/m0/s1. The lowest BCUT2D eigenvalue weighted by atomic mass is 9.94. The van der Waals surface area contributed by atoms with E-state index in [1.54, 1.807) is 0 Å². The second-order valence-corrected chi connectivity index (χ2v) is 8.35. The van der Waals surface area contributed by atoms with Gasteiger partial charge in [-0.25, -0.2) is 0 Å². The summed E-state index contributed by atoms with van der Waals surface area (Å²) in [5.74, 6) is 0. The van der Waals surface area contributed by atoms with Gasteiger partial charge >= 0.3 is 0 Å². The Hall–Kier alpha value is -0.900. The van der Waals surface area contributed by atoms with Gasteiger partial charge in [-0.3, -0.25) is 9.80 Å². The first-order valence-corrected chi connectivity index (χ1v) is 8.92. The minimum atomic E-state index is 0.281. The first kappa shape index (κ1) is 18.4. The Bertz CT molecular complexity index is 507. The quantitative estimate of drug-likeness (QED) is 0.903. The maximum absolute atomic E-state index is 9.43. The maximum atomic E-state index is 9.43. The van der Waals surface area contributed by atoms with E-state index < -0.39 is 0 Å². The van der Waals surface area contributed by atoms with Crippen LogP contribution in [-0.2, 0) is 6.54 Å². The summed E-state index contributed by atoms with van der Waals surface area (Å²) in [5.41, 5.74) is 4.45. The lowest BCUT2D eigenvalue weighted by molar-refractivity contribution is 0.0340. The lowest BCUT2D eigenvalue weighted by Crippen LogP contribution is -2.54. The van der Waals surface area contributed by atoms with Crippen LogP contribution in [0.25, 0.3) is 0 Å². The fraction of sp³-hybridized carbons (Fsp3) is 0.700. The fourth-order valence-corrected chi connectivity index (χ4v) is 3.50. The van der Waals surface area contributed by atoms with Gasteiger partial charge in [0, 0.05) is 45.4 Å². The molecule has 1 aromatic rings. The topological polar surface area (TPSA) is 26.7 Å². The fourth-order valence-electron chi connectivity index (χ4n) is 3.50. The Kier molecular flexibility index (Phi) is 6.24. The Morgan fingerprint density at radius 3 is 2.48 bits per heavy atom.